The van der Waals surface area contributed by atoms with Crippen molar-refractivity contribution in [2.75, 3.05) is 0 Å². The summed E-state index contributed by atoms with van der Waals surface area (Å²) in [5, 5.41) is 5.79. The monoisotopic (exact) mass is 270 g/mol. The van der Waals surface area contributed by atoms with Crippen molar-refractivity contribution in [3.8, 4) is 0 Å². The first-order valence-corrected chi connectivity index (χ1v) is 5.61. The molecule has 5 heteroatoms. The Morgan fingerprint density at radius 1 is 1.57 bits per heavy atom. The third kappa shape index (κ3) is 1.78. The third-order valence-electron chi connectivity index (χ3n) is 1.80. The zero-order chi connectivity index (χ0) is 10.1. The molecule has 0 amide bonds. The van der Waals surface area contributed by atoms with E-state index in [-0.39, 0.29) is 5.78 Å². The van der Waals surface area contributed by atoms with Crippen molar-refractivity contribution in [3.63, 3.8) is 0 Å². The maximum absolute atomic E-state index is 11.8. The molecule has 0 N–H and O–H groups in total. The average Bonchev–Trinajstić information content (AvgIpc) is 2.73. The largest absolute Gasteiger partial charge is 0.288 e. The molecule has 0 bridgehead atoms. The first-order chi connectivity index (χ1) is 6.66. The Morgan fingerprint density at radius 3 is 2.86 bits per heavy atom. The predicted octanol–water partition coefficient (Wildman–Crippen LogP) is 2.48. The van der Waals surface area contributed by atoms with Crippen LogP contribution >= 0.6 is 27.3 Å². The molecule has 0 fully saturated rings. The van der Waals surface area contributed by atoms with Crippen LogP contribution < -0.4 is 0 Å². The molecule has 0 spiro atoms. The van der Waals surface area contributed by atoms with Crippen LogP contribution in [0, 0.1) is 0 Å². The maximum atomic E-state index is 11.8. The molecule has 0 aliphatic carbocycles. The number of rotatable bonds is 2. The lowest BCUT2D eigenvalue weighted by Gasteiger charge is -1.90. The van der Waals surface area contributed by atoms with Crippen LogP contribution in [0.2, 0.25) is 0 Å². The summed E-state index contributed by atoms with van der Waals surface area (Å²) in [6.07, 6.45) is 3.29. The van der Waals surface area contributed by atoms with Gasteiger partial charge in [0.2, 0.25) is 0 Å². The van der Waals surface area contributed by atoms with E-state index in [9.17, 15) is 4.79 Å². The highest BCUT2D eigenvalue weighted by Gasteiger charge is 2.12. The van der Waals surface area contributed by atoms with Crippen molar-refractivity contribution in [3.05, 3.63) is 38.8 Å². The highest BCUT2D eigenvalue weighted by molar-refractivity contribution is 9.11. The van der Waals surface area contributed by atoms with E-state index in [0.717, 1.165) is 3.79 Å². The molecule has 2 rings (SSSR count). The van der Waals surface area contributed by atoms with Gasteiger partial charge in [0.25, 0.3) is 0 Å². The van der Waals surface area contributed by atoms with Crippen molar-refractivity contribution >= 4 is 33.0 Å². The van der Waals surface area contributed by atoms with E-state index in [4.69, 9.17) is 0 Å². The molecule has 0 aliphatic heterocycles. The molecule has 3 nitrogen and oxygen atoms in total. The molecule has 2 aromatic heterocycles. The Labute approximate surface area is 93.5 Å². The topological polar surface area (TPSA) is 34.9 Å². The number of nitrogens with zero attached hydrogens (tertiary/aromatic N) is 2. The van der Waals surface area contributed by atoms with Gasteiger partial charge in [0.05, 0.1) is 15.5 Å². The minimum absolute atomic E-state index is 0.0139. The van der Waals surface area contributed by atoms with Crippen LogP contribution in [0.3, 0.4) is 0 Å². The SMILES string of the molecule is Cn1cc(C(=O)c2csc(Br)c2)cn1. The van der Waals surface area contributed by atoms with Crippen LogP contribution in [-0.2, 0) is 7.05 Å². The molecular formula is C9H7BrN2OS. The fourth-order valence-corrected chi connectivity index (χ4v) is 2.27. The number of aryl methyl sites for hydroxylation is 1. The molecule has 2 aromatic rings. The first kappa shape index (κ1) is 9.61. The van der Waals surface area contributed by atoms with Crippen LogP contribution in [0.25, 0.3) is 0 Å². The van der Waals surface area contributed by atoms with Crippen molar-refractivity contribution in [2.45, 2.75) is 0 Å². The quantitative estimate of drug-likeness (QED) is 0.786. The lowest BCUT2D eigenvalue weighted by Crippen LogP contribution is -1.97. The number of thiophene rings is 1. The number of halogens is 1. The summed E-state index contributed by atoms with van der Waals surface area (Å²) in [4.78, 5) is 11.8. The summed E-state index contributed by atoms with van der Waals surface area (Å²) in [5.74, 6) is 0.0139. The second kappa shape index (κ2) is 3.67. The van der Waals surface area contributed by atoms with Gasteiger partial charge in [0.15, 0.2) is 5.78 Å². The Kier molecular flexibility index (Phi) is 2.52. The standard InChI is InChI=1S/C9H7BrN2OS/c1-12-4-7(3-11-12)9(13)6-2-8(10)14-5-6/h2-5H,1H3. The van der Waals surface area contributed by atoms with Crippen LogP contribution in [0.4, 0.5) is 0 Å². The normalized spacial score (nSPS) is 10.4. The molecule has 2 heterocycles. The van der Waals surface area contributed by atoms with E-state index >= 15 is 0 Å². The minimum Gasteiger partial charge on any atom is -0.288 e. The van der Waals surface area contributed by atoms with Crippen LogP contribution in [0.15, 0.2) is 27.6 Å². The van der Waals surface area contributed by atoms with Crippen LogP contribution in [0.5, 0.6) is 0 Å². The molecule has 0 atom stereocenters. The van der Waals surface area contributed by atoms with E-state index in [1.807, 2.05) is 11.4 Å². The number of hydrogen-bond acceptors (Lipinski definition) is 3. The van der Waals surface area contributed by atoms with Gasteiger partial charge in [-0.3, -0.25) is 9.48 Å². The summed E-state index contributed by atoms with van der Waals surface area (Å²) >= 11 is 4.83. The Hall–Kier alpha value is -0.940. The van der Waals surface area contributed by atoms with Gasteiger partial charge in [0, 0.05) is 24.2 Å². The Bertz CT molecular complexity index is 432. The van der Waals surface area contributed by atoms with Crippen LogP contribution in [-0.4, -0.2) is 15.6 Å². The van der Waals surface area contributed by atoms with Gasteiger partial charge in [-0.2, -0.15) is 5.10 Å². The fourth-order valence-electron chi connectivity index (χ4n) is 1.13. The van der Waals surface area contributed by atoms with E-state index < -0.39 is 0 Å². The van der Waals surface area contributed by atoms with E-state index in [1.54, 1.807) is 24.1 Å². The highest BCUT2D eigenvalue weighted by Crippen LogP contribution is 2.22. The Balaban J connectivity index is 2.33. The molecule has 72 valence electrons. The first-order valence-electron chi connectivity index (χ1n) is 3.94. The molecule has 14 heavy (non-hydrogen) atoms. The molecule has 0 saturated heterocycles. The minimum atomic E-state index is 0.0139. The fraction of sp³-hybridized carbons (Fsp3) is 0.111. The number of carbonyl (C=O) groups is 1. The van der Waals surface area contributed by atoms with Crippen LogP contribution in [0.1, 0.15) is 15.9 Å². The van der Waals surface area contributed by atoms with E-state index in [2.05, 4.69) is 21.0 Å². The molecule has 0 aliphatic rings. The van der Waals surface area contributed by atoms with Gasteiger partial charge in [-0.05, 0) is 22.0 Å². The number of carbonyl (C=O) groups excluding carboxylic acids is 1. The lowest BCUT2D eigenvalue weighted by atomic mass is 10.1. The lowest BCUT2D eigenvalue weighted by molar-refractivity contribution is 0.103. The zero-order valence-corrected chi connectivity index (χ0v) is 9.80. The van der Waals surface area contributed by atoms with Crippen molar-refractivity contribution < 1.29 is 4.79 Å². The molecule has 0 unspecified atom stereocenters. The summed E-state index contributed by atoms with van der Waals surface area (Å²) < 4.78 is 2.58. The zero-order valence-electron chi connectivity index (χ0n) is 7.40. The molecule has 0 aromatic carbocycles. The summed E-state index contributed by atoms with van der Waals surface area (Å²) in [5.41, 5.74) is 1.33. The predicted molar refractivity (Wildman–Crippen MR) is 58.7 cm³/mol. The van der Waals surface area contributed by atoms with E-state index in [1.165, 1.54) is 11.3 Å². The summed E-state index contributed by atoms with van der Waals surface area (Å²) in [6, 6.07) is 1.82. The van der Waals surface area contributed by atoms with Crippen molar-refractivity contribution in [2.24, 2.45) is 7.05 Å². The number of hydrogen-bond donors (Lipinski definition) is 0. The van der Waals surface area contributed by atoms with Gasteiger partial charge in [-0.1, -0.05) is 0 Å². The van der Waals surface area contributed by atoms with Gasteiger partial charge in [-0.25, -0.2) is 0 Å². The molecular weight excluding hydrogens is 264 g/mol. The van der Waals surface area contributed by atoms with Gasteiger partial charge in [-0.15, -0.1) is 11.3 Å². The number of aromatic nitrogens is 2. The highest BCUT2D eigenvalue weighted by atomic mass is 79.9. The average molecular weight is 271 g/mol. The van der Waals surface area contributed by atoms with Gasteiger partial charge in [0.1, 0.15) is 0 Å². The Morgan fingerprint density at radius 2 is 2.36 bits per heavy atom. The summed E-state index contributed by atoms with van der Waals surface area (Å²) in [7, 11) is 1.79. The third-order valence-corrected chi connectivity index (χ3v) is 3.30. The van der Waals surface area contributed by atoms with Crippen molar-refractivity contribution in [1.29, 1.82) is 0 Å². The second-order valence-corrected chi connectivity index (χ2v) is 5.16. The van der Waals surface area contributed by atoms with Crippen molar-refractivity contribution in [1.82, 2.24) is 9.78 Å². The molecule has 0 radical (unpaired) electrons. The smallest absolute Gasteiger partial charge is 0.197 e. The van der Waals surface area contributed by atoms with Gasteiger partial charge < -0.3 is 0 Å². The summed E-state index contributed by atoms with van der Waals surface area (Å²) in [6.45, 7) is 0. The number of ketones is 1. The van der Waals surface area contributed by atoms with Gasteiger partial charge >= 0.3 is 0 Å². The second-order valence-electron chi connectivity index (χ2n) is 2.87. The molecule has 0 saturated carbocycles. The van der Waals surface area contributed by atoms with E-state index in [0.29, 0.717) is 11.1 Å². The maximum Gasteiger partial charge on any atom is 0.197 e.